The highest BCUT2D eigenvalue weighted by Crippen LogP contribution is 2.40. The van der Waals surface area contributed by atoms with Gasteiger partial charge in [-0.25, -0.2) is 4.79 Å². The lowest BCUT2D eigenvalue weighted by Crippen LogP contribution is -2.24. The van der Waals surface area contributed by atoms with E-state index in [0.717, 1.165) is 0 Å². The second kappa shape index (κ2) is 6.72. The van der Waals surface area contributed by atoms with Gasteiger partial charge in [-0.1, -0.05) is 0 Å². The first-order valence-corrected chi connectivity index (χ1v) is 5.61. The van der Waals surface area contributed by atoms with Gasteiger partial charge in [0.15, 0.2) is 17.6 Å². The quantitative estimate of drug-likeness (QED) is 0.732. The van der Waals surface area contributed by atoms with Crippen molar-refractivity contribution in [2.75, 3.05) is 28.4 Å². The Morgan fingerprint density at radius 2 is 1.53 bits per heavy atom. The van der Waals surface area contributed by atoms with Crippen molar-refractivity contribution in [3.05, 3.63) is 12.1 Å². The fraction of sp³-hybridized carbons (Fsp3) is 0.462. The Morgan fingerprint density at radius 3 is 1.89 bits per heavy atom. The van der Waals surface area contributed by atoms with Crippen molar-refractivity contribution in [1.29, 1.82) is 0 Å². The van der Waals surface area contributed by atoms with Crippen LogP contribution in [0.1, 0.15) is 6.92 Å². The highest BCUT2D eigenvalue weighted by molar-refractivity contribution is 5.74. The SMILES string of the molecule is COC(=O)C(C)Oc1cc(OC)c(OC)c(OC)c1. The third-order valence-corrected chi connectivity index (χ3v) is 2.48. The number of rotatable bonds is 6. The molecule has 1 rings (SSSR count). The summed E-state index contributed by atoms with van der Waals surface area (Å²) in [4.78, 5) is 11.3. The van der Waals surface area contributed by atoms with Crippen molar-refractivity contribution in [1.82, 2.24) is 0 Å². The molecule has 0 N–H and O–H groups in total. The topological polar surface area (TPSA) is 63.2 Å². The van der Waals surface area contributed by atoms with Crippen LogP contribution in [0, 0.1) is 0 Å². The van der Waals surface area contributed by atoms with Gasteiger partial charge in [-0.05, 0) is 6.92 Å². The molecule has 0 radical (unpaired) electrons. The number of methoxy groups -OCH3 is 4. The molecular weight excluding hydrogens is 252 g/mol. The Balaban J connectivity index is 3.06. The summed E-state index contributed by atoms with van der Waals surface area (Å²) in [6.07, 6.45) is -0.729. The highest BCUT2D eigenvalue weighted by Gasteiger charge is 2.18. The molecule has 0 aliphatic carbocycles. The minimum absolute atomic E-state index is 0.424. The average molecular weight is 270 g/mol. The van der Waals surface area contributed by atoms with Gasteiger partial charge < -0.3 is 23.7 Å². The van der Waals surface area contributed by atoms with E-state index in [4.69, 9.17) is 18.9 Å². The molecule has 0 aliphatic rings. The summed E-state index contributed by atoms with van der Waals surface area (Å²) in [6.45, 7) is 1.59. The molecule has 6 heteroatoms. The highest BCUT2D eigenvalue weighted by atomic mass is 16.6. The van der Waals surface area contributed by atoms with E-state index in [1.807, 2.05) is 0 Å². The predicted molar refractivity (Wildman–Crippen MR) is 68.2 cm³/mol. The minimum Gasteiger partial charge on any atom is -0.493 e. The Labute approximate surface area is 112 Å². The number of ether oxygens (including phenoxy) is 5. The third-order valence-electron chi connectivity index (χ3n) is 2.48. The molecule has 6 nitrogen and oxygen atoms in total. The van der Waals surface area contributed by atoms with Crippen molar-refractivity contribution in [3.8, 4) is 23.0 Å². The smallest absolute Gasteiger partial charge is 0.346 e. The van der Waals surface area contributed by atoms with Gasteiger partial charge in [0, 0.05) is 12.1 Å². The summed E-state index contributed by atoms with van der Waals surface area (Å²) in [5.41, 5.74) is 0. The van der Waals surface area contributed by atoms with E-state index < -0.39 is 12.1 Å². The fourth-order valence-corrected chi connectivity index (χ4v) is 1.54. The first-order chi connectivity index (χ1) is 9.07. The Kier molecular flexibility index (Phi) is 5.29. The van der Waals surface area contributed by atoms with Crippen LogP contribution in [-0.2, 0) is 9.53 Å². The number of hydrogen-bond donors (Lipinski definition) is 0. The standard InChI is InChI=1S/C13H18O6/c1-8(13(14)18-5)19-9-6-10(15-2)12(17-4)11(7-9)16-3/h6-8H,1-5H3. The maximum Gasteiger partial charge on any atom is 0.346 e. The van der Waals surface area contributed by atoms with Crippen LogP contribution >= 0.6 is 0 Å². The molecule has 0 heterocycles. The van der Waals surface area contributed by atoms with Gasteiger partial charge in [-0.15, -0.1) is 0 Å². The lowest BCUT2D eigenvalue weighted by atomic mass is 10.2. The molecule has 1 aromatic carbocycles. The van der Waals surface area contributed by atoms with Crippen LogP contribution in [0.2, 0.25) is 0 Å². The van der Waals surface area contributed by atoms with E-state index in [2.05, 4.69) is 4.74 Å². The third kappa shape index (κ3) is 3.43. The molecule has 1 atom stereocenters. The van der Waals surface area contributed by atoms with Crippen LogP contribution in [-0.4, -0.2) is 40.5 Å². The maximum atomic E-state index is 11.3. The summed E-state index contributed by atoms with van der Waals surface area (Å²) < 4.78 is 25.6. The van der Waals surface area contributed by atoms with Gasteiger partial charge in [0.05, 0.1) is 28.4 Å². The van der Waals surface area contributed by atoms with Crippen LogP contribution in [0.5, 0.6) is 23.0 Å². The molecule has 0 saturated carbocycles. The van der Waals surface area contributed by atoms with Gasteiger partial charge >= 0.3 is 5.97 Å². The predicted octanol–water partition coefficient (Wildman–Crippen LogP) is 1.65. The van der Waals surface area contributed by atoms with E-state index in [1.54, 1.807) is 19.1 Å². The lowest BCUT2D eigenvalue weighted by Gasteiger charge is -2.16. The molecule has 0 amide bonds. The van der Waals surface area contributed by atoms with E-state index in [1.165, 1.54) is 28.4 Å². The largest absolute Gasteiger partial charge is 0.493 e. The summed E-state index contributed by atoms with van der Waals surface area (Å²) in [5, 5.41) is 0. The zero-order valence-corrected chi connectivity index (χ0v) is 11.7. The second-order valence-electron chi connectivity index (χ2n) is 3.64. The van der Waals surface area contributed by atoms with Crippen molar-refractivity contribution < 1.29 is 28.5 Å². The summed E-state index contributed by atoms with van der Waals surface area (Å²) in [7, 11) is 5.82. The van der Waals surface area contributed by atoms with Crippen molar-refractivity contribution in [3.63, 3.8) is 0 Å². The normalized spacial score (nSPS) is 11.4. The average Bonchev–Trinajstić information content (AvgIpc) is 2.44. The number of benzene rings is 1. The van der Waals surface area contributed by atoms with Gasteiger partial charge in [0.2, 0.25) is 5.75 Å². The zero-order chi connectivity index (χ0) is 14.4. The van der Waals surface area contributed by atoms with E-state index in [0.29, 0.717) is 23.0 Å². The lowest BCUT2D eigenvalue weighted by molar-refractivity contribution is -0.147. The number of carbonyl (C=O) groups is 1. The first kappa shape index (κ1) is 14.9. The Morgan fingerprint density at radius 1 is 1.00 bits per heavy atom. The molecule has 106 valence electrons. The molecule has 0 aliphatic heterocycles. The number of esters is 1. The van der Waals surface area contributed by atoms with Gasteiger partial charge in [-0.3, -0.25) is 0 Å². The number of carbonyl (C=O) groups excluding carboxylic acids is 1. The molecule has 0 spiro atoms. The van der Waals surface area contributed by atoms with Gasteiger partial charge in [0.25, 0.3) is 0 Å². The van der Waals surface area contributed by atoms with Gasteiger partial charge in [0.1, 0.15) is 5.75 Å². The van der Waals surface area contributed by atoms with Crippen LogP contribution in [0.15, 0.2) is 12.1 Å². The van der Waals surface area contributed by atoms with Crippen LogP contribution in [0.4, 0.5) is 0 Å². The van der Waals surface area contributed by atoms with Gasteiger partial charge in [-0.2, -0.15) is 0 Å². The van der Waals surface area contributed by atoms with Crippen LogP contribution in [0.3, 0.4) is 0 Å². The van der Waals surface area contributed by atoms with Crippen LogP contribution in [0.25, 0.3) is 0 Å². The molecule has 0 fully saturated rings. The first-order valence-electron chi connectivity index (χ1n) is 5.61. The number of hydrogen-bond acceptors (Lipinski definition) is 6. The Hall–Kier alpha value is -2.11. The molecular formula is C13H18O6. The molecule has 0 aromatic heterocycles. The van der Waals surface area contributed by atoms with E-state index in [-0.39, 0.29) is 0 Å². The maximum absolute atomic E-state index is 11.3. The molecule has 1 unspecified atom stereocenters. The van der Waals surface area contributed by atoms with E-state index >= 15 is 0 Å². The van der Waals surface area contributed by atoms with Crippen molar-refractivity contribution in [2.24, 2.45) is 0 Å². The Bertz CT molecular complexity index is 418. The van der Waals surface area contributed by atoms with Crippen molar-refractivity contribution >= 4 is 5.97 Å². The molecule has 19 heavy (non-hydrogen) atoms. The van der Waals surface area contributed by atoms with E-state index in [9.17, 15) is 4.79 Å². The molecule has 1 aromatic rings. The molecule has 0 saturated heterocycles. The second-order valence-corrected chi connectivity index (χ2v) is 3.64. The monoisotopic (exact) mass is 270 g/mol. The summed E-state index contributed by atoms with van der Waals surface area (Å²) >= 11 is 0. The minimum atomic E-state index is -0.729. The van der Waals surface area contributed by atoms with Crippen molar-refractivity contribution in [2.45, 2.75) is 13.0 Å². The summed E-state index contributed by atoms with van der Waals surface area (Å²) in [5.74, 6) is 1.33. The fourth-order valence-electron chi connectivity index (χ4n) is 1.54. The molecule has 0 bridgehead atoms. The van der Waals surface area contributed by atoms with Crippen LogP contribution < -0.4 is 18.9 Å². The summed E-state index contributed by atoms with van der Waals surface area (Å²) in [6, 6.07) is 3.22. The zero-order valence-electron chi connectivity index (χ0n) is 11.7.